The zero-order valence-corrected chi connectivity index (χ0v) is 11.1. The molecule has 0 heterocycles. The molecule has 1 aromatic carbocycles. The summed E-state index contributed by atoms with van der Waals surface area (Å²) in [7, 11) is 0. The van der Waals surface area contributed by atoms with E-state index in [1.807, 2.05) is 18.2 Å². The summed E-state index contributed by atoms with van der Waals surface area (Å²) < 4.78 is 0. The number of carbonyl (C=O) groups is 1. The fraction of sp³-hybridized carbons (Fsp3) is 0.533. The van der Waals surface area contributed by atoms with Crippen LogP contribution in [0.2, 0.25) is 0 Å². The van der Waals surface area contributed by atoms with E-state index in [1.165, 1.54) is 5.56 Å². The normalized spacial score (nSPS) is 12.4. The van der Waals surface area contributed by atoms with Gasteiger partial charge in [0.05, 0.1) is 0 Å². The second-order valence-corrected chi connectivity index (χ2v) is 4.54. The number of hydrogen-bond acceptors (Lipinski definition) is 2. The van der Waals surface area contributed by atoms with Crippen molar-refractivity contribution in [3.63, 3.8) is 0 Å². The highest BCUT2D eigenvalue weighted by Gasteiger charge is 2.10. The molecule has 0 amide bonds. The van der Waals surface area contributed by atoms with Crippen molar-refractivity contribution >= 4 is 5.78 Å². The molecule has 0 radical (unpaired) electrons. The number of benzene rings is 1. The zero-order valence-electron chi connectivity index (χ0n) is 11.1. The molecule has 1 rings (SSSR count). The summed E-state index contributed by atoms with van der Waals surface area (Å²) in [4.78, 5) is 12.0. The Morgan fingerprint density at radius 1 is 1.35 bits per heavy atom. The average Bonchev–Trinajstić information content (AvgIpc) is 2.30. The number of aryl methyl sites for hydroxylation is 1. The van der Waals surface area contributed by atoms with Gasteiger partial charge >= 0.3 is 0 Å². The van der Waals surface area contributed by atoms with E-state index in [1.54, 1.807) is 0 Å². The lowest BCUT2D eigenvalue weighted by atomic mass is 10.0. The Labute approximate surface area is 104 Å². The van der Waals surface area contributed by atoms with Crippen molar-refractivity contribution in [2.75, 3.05) is 6.54 Å². The van der Waals surface area contributed by atoms with Crippen molar-refractivity contribution in [2.24, 2.45) is 0 Å². The van der Waals surface area contributed by atoms with E-state index in [0.29, 0.717) is 6.42 Å². The summed E-state index contributed by atoms with van der Waals surface area (Å²) in [6, 6.07) is 8.27. The lowest BCUT2D eigenvalue weighted by Gasteiger charge is -2.11. The van der Waals surface area contributed by atoms with Crippen LogP contribution in [0, 0.1) is 0 Å². The highest BCUT2D eigenvalue weighted by molar-refractivity contribution is 5.96. The van der Waals surface area contributed by atoms with Crippen LogP contribution in [0.4, 0.5) is 0 Å². The number of hydrogen-bond donors (Lipinski definition) is 1. The average molecular weight is 233 g/mol. The summed E-state index contributed by atoms with van der Waals surface area (Å²) in [5, 5.41) is 3.27. The maximum atomic E-state index is 12.0. The van der Waals surface area contributed by atoms with E-state index in [-0.39, 0.29) is 11.8 Å². The quantitative estimate of drug-likeness (QED) is 0.733. The topological polar surface area (TPSA) is 29.1 Å². The van der Waals surface area contributed by atoms with Crippen LogP contribution in [0.3, 0.4) is 0 Å². The van der Waals surface area contributed by atoms with Gasteiger partial charge in [-0.25, -0.2) is 0 Å². The van der Waals surface area contributed by atoms with Gasteiger partial charge in [0.15, 0.2) is 5.78 Å². The van der Waals surface area contributed by atoms with Crippen LogP contribution in [0.15, 0.2) is 24.3 Å². The third-order valence-electron chi connectivity index (χ3n) is 2.83. The first-order valence-electron chi connectivity index (χ1n) is 6.52. The highest BCUT2D eigenvalue weighted by Crippen LogP contribution is 2.10. The number of carbonyl (C=O) groups excluding carboxylic acids is 1. The molecule has 1 atom stereocenters. The van der Waals surface area contributed by atoms with Crippen LogP contribution in [0.1, 0.15) is 49.5 Å². The zero-order chi connectivity index (χ0) is 12.7. The van der Waals surface area contributed by atoms with Crippen LogP contribution in [0.25, 0.3) is 0 Å². The predicted octanol–water partition coefficient (Wildman–Crippen LogP) is 3.21. The molecule has 0 aliphatic heterocycles. The molecule has 1 N–H and O–H groups in total. The molecule has 2 nitrogen and oxygen atoms in total. The van der Waals surface area contributed by atoms with Gasteiger partial charge in [0, 0.05) is 18.0 Å². The van der Waals surface area contributed by atoms with Crippen molar-refractivity contribution in [1.82, 2.24) is 5.32 Å². The Bertz CT molecular complexity index is 360. The van der Waals surface area contributed by atoms with Crippen LogP contribution < -0.4 is 5.32 Å². The summed E-state index contributed by atoms with van der Waals surface area (Å²) in [5.41, 5.74) is 2.11. The number of rotatable bonds is 7. The van der Waals surface area contributed by atoms with Crippen molar-refractivity contribution in [1.29, 1.82) is 0 Å². The molecular weight excluding hydrogens is 210 g/mol. The monoisotopic (exact) mass is 233 g/mol. The first-order valence-corrected chi connectivity index (χ1v) is 6.52. The Kier molecular flexibility index (Phi) is 5.92. The molecule has 0 fully saturated rings. The second-order valence-electron chi connectivity index (χ2n) is 4.54. The number of Topliss-reactive ketones (excluding diaryl/α,β-unsaturated/α-hetero) is 1. The van der Waals surface area contributed by atoms with Gasteiger partial charge in [0.2, 0.25) is 0 Å². The van der Waals surface area contributed by atoms with Gasteiger partial charge in [-0.2, -0.15) is 0 Å². The molecule has 1 aromatic rings. The molecule has 0 saturated heterocycles. The van der Waals surface area contributed by atoms with Gasteiger partial charge in [0.25, 0.3) is 0 Å². The summed E-state index contributed by atoms with van der Waals surface area (Å²) in [6.07, 6.45) is 2.73. The van der Waals surface area contributed by atoms with E-state index in [2.05, 4.69) is 32.2 Å². The van der Waals surface area contributed by atoms with Gasteiger partial charge in [-0.15, -0.1) is 0 Å². The van der Waals surface area contributed by atoms with E-state index >= 15 is 0 Å². The molecule has 0 aliphatic rings. The fourth-order valence-corrected chi connectivity index (χ4v) is 2.01. The highest BCUT2D eigenvalue weighted by atomic mass is 16.1. The summed E-state index contributed by atoms with van der Waals surface area (Å²) >= 11 is 0. The van der Waals surface area contributed by atoms with Crippen LogP contribution in [-0.2, 0) is 6.42 Å². The van der Waals surface area contributed by atoms with Crippen LogP contribution in [-0.4, -0.2) is 18.4 Å². The molecule has 0 bridgehead atoms. The molecule has 0 aromatic heterocycles. The van der Waals surface area contributed by atoms with Gasteiger partial charge in [-0.3, -0.25) is 4.79 Å². The Balaban J connectivity index is 2.65. The van der Waals surface area contributed by atoms with Gasteiger partial charge in [0.1, 0.15) is 0 Å². The van der Waals surface area contributed by atoms with Gasteiger partial charge < -0.3 is 5.32 Å². The maximum absolute atomic E-state index is 12.0. The Morgan fingerprint density at radius 2 is 2.12 bits per heavy atom. The minimum atomic E-state index is 0.233. The molecular formula is C15H23NO. The minimum Gasteiger partial charge on any atom is -0.314 e. The largest absolute Gasteiger partial charge is 0.314 e. The van der Waals surface area contributed by atoms with Gasteiger partial charge in [-0.1, -0.05) is 38.5 Å². The third kappa shape index (κ3) is 4.70. The fourth-order valence-electron chi connectivity index (χ4n) is 2.01. The van der Waals surface area contributed by atoms with Crippen molar-refractivity contribution in [3.05, 3.63) is 35.4 Å². The lowest BCUT2D eigenvalue weighted by molar-refractivity contribution is 0.0971. The molecule has 94 valence electrons. The Morgan fingerprint density at radius 3 is 2.76 bits per heavy atom. The standard InChI is InChI=1S/C15H23NO/c1-4-7-13-8-6-9-14(11-13)15(17)10-12(3)16-5-2/h6,8-9,11-12,16H,4-5,7,10H2,1-3H3. The molecule has 1 unspecified atom stereocenters. The van der Waals surface area contributed by atoms with E-state index in [4.69, 9.17) is 0 Å². The first-order chi connectivity index (χ1) is 8.17. The van der Waals surface area contributed by atoms with E-state index in [0.717, 1.165) is 24.9 Å². The van der Waals surface area contributed by atoms with Crippen molar-refractivity contribution in [3.8, 4) is 0 Å². The summed E-state index contributed by atoms with van der Waals surface area (Å²) in [5.74, 6) is 0.233. The minimum absolute atomic E-state index is 0.233. The smallest absolute Gasteiger partial charge is 0.164 e. The number of ketones is 1. The Hall–Kier alpha value is -1.15. The van der Waals surface area contributed by atoms with Crippen molar-refractivity contribution < 1.29 is 4.79 Å². The molecule has 2 heteroatoms. The van der Waals surface area contributed by atoms with Crippen LogP contribution in [0.5, 0.6) is 0 Å². The van der Waals surface area contributed by atoms with Crippen LogP contribution >= 0.6 is 0 Å². The second kappa shape index (κ2) is 7.23. The van der Waals surface area contributed by atoms with Crippen molar-refractivity contribution in [2.45, 2.75) is 46.1 Å². The third-order valence-corrected chi connectivity index (χ3v) is 2.83. The SMILES string of the molecule is CCCc1cccc(C(=O)CC(C)NCC)c1. The van der Waals surface area contributed by atoms with Gasteiger partial charge in [-0.05, 0) is 31.5 Å². The van der Waals surface area contributed by atoms with E-state index in [9.17, 15) is 4.79 Å². The molecule has 0 spiro atoms. The summed E-state index contributed by atoms with van der Waals surface area (Å²) in [6.45, 7) is 7.17. The van der Waals surface area contributed by atoms with E-state index < -0.39 is 0 Å². The predicted molar refractivity (Wildman–Crippen MR) is 72.5 cm³/mol. The molecule has 0 saturated carbocycles. The molecule has 17 heavy (non-hydrogen) atoms. The maximum Gasteiger partial charge on any atom is 0.164 e. The number of nitrogens with one attached hydrogen (secondary N) is 1. The molecule has 0 aliphatic carbocycles. The first kappa shape index (κ1) is 13.9. The lowest BCUT2D eigenvalue weighted by Crippen LogP contribution is -2.28.